The molecule has 8 rings (SSSR count). The SMILES string of the molecule is C=c1cccc2cc/c(=C3\C(=O)C(c4ccc5cccc6c5c4NC4(N6)C(C)CCCC4C)=C3O)c(NC3(C)C(C)CCCC3C)c12. The van der Waals surface area contributed by atoms with E-state index in [2.05, 4.69) is 93.5 Å². The van der Waals surface area contributed by atoms with Gasteiger partial charge in [-0.2, -0.15) is 0 Å². The maximum atomic E-state index is 14.5. The molecule has 242 valence electrons. The summed E-state index contributed by atoms with van der Waals surface area (Å²) < 4.78 is 0. The zero-order valence-corrected chi connectivity index (χ0v) is 28.4. The van der Waals surface area contributed by atoms with Gasteiger partial charge in [0, 0.05) is 32.8 Å². The molecule has 2 fully saturated rings. The number of rotatable bonds is 3. The predicted octanol–water partition coefficient (Wildman–Crippen LogP) is 8.72. The molecule has 0 saturated heterocycles. The van der Waals surface area contributed by atoms with Gasteiger partial charge in [0.25, 0.3) is 0 Å². The maximum Gasteiger partial charge on any atom is 0.201 e. The van der Waals surface area contributed by atoms with Gasteiger partial charge in [0.1, 0.15) is 11.4 Å². The average Bonchev–Trinajstić information content (AvgIpc) is 3.05. The van der Waals surface area contributed by atoms with Crippen LogP contribution in [0, 0.1) is 23.7 Å². The van der Waals surface area contributed by atoms with Gasteiger partial charge in [-0.25, -0.2) is 0 Å². The van der Waals surface area contributed by atoms with E-state index < -0.39 is 0 Å². The molecule has 4 unspecified atom stereocenters. The van der Waals surface area contributed by atoms with Crippen LogP contribution in [0.3, 0.4) is 0 Å². The third kappa shape index (κ3) is 4.24. The third-order valence-corrected chi connectivity index (χ3v) is 12.9. The Hall–Kier alpha value is -4.25. The van der Waals surface area contributed by atoms with E-state index >= 15 is 0 Å². The van der Waals surface area contributed by atoms with Crippen molar-refractivity contribution in [1.29, 1.82) is 0 Å². The van der Waals surface area contributed by atoms with Crippen LogP contribution in [0.1, 0.15) is 78.7 Å². The number of carbonyl (C=O) groups excluding carboxylic acids is 1. The minimum atomic E-state index is -0.325. The van der Waals surface area contributed by atoms with Crippen molar-refractivity contribution in [2.45, 2.75) is 84.3 Å². The van der Waals surface area contributed by atoms with E-state index in [0.717, 1.165) is 80.3 Å². The minimum absolute atomic E-state index is 0.0704. The minimum Gasteiger partial charge on any atom is -0.506 e. The fourth-order valence-electron chi connectivity index (χ4n) is 9.47. The smallest absolute Gasteiger partial charge is 0.201 e. The molecule has 4 atom stereocenters. The summed E-state index contributed by atoms with van der Waals surface area (Å²) in [6.07, 6.45) is 7.01. The van der Waals surface area contributed by atoms with E-state index in [9.17, 15) is 9.90 Å². The molecule has 1 heterocycles. The van der Waals surface area contributed by atoms with E-state index in [4.69, 9.17) is 0 Å². The molecule has 1 spiro atoms. The fourth-order valence-corrected chi connectivity index (χ4v) is 9.47. The van der Waals surface area contributed by atoms with Crippen LogP contribution in [0.4, 0.5) is 17.1 Å². The Labute approximate surface area is 277 Å². The number of Topliss-reactive ketones (excluding diaryl/α,β-unsaturated/α-hetero) is 1. The Morgan fingerprint density at radius 3 is 2.06 bits per heavy atom. The summed E-state index contributed by atoms with van der Waals surface area (Å²) in [7, 11) is 0. The molecule has 0 radical (unpaired) electrons. The first-order valence-corrected chi connectivity index (χ1v) is 17.7. The van der Waals surface area contributed by atoms with Gasteiger partial charge in [-0.15, -0.1) is 0 Å². The third-order valence-electron chi connectivity index (χ3n) is 12.9. The van der Waals surface area contributed by atoms with Crippen molar-refractivity contribution in [3.05, 3.63) is 82.4 Å². The van der Waals surface area contributed by atoms with Crippen molar-refractivity contribution in [3.63, 3.8) is 0 Å². The zero-order valence-electron chi connectivity index (χ0n) is 28.4. The van der Waals surface area contributed by atoms with Crippen molar-refractivity contribution < 1.29 is 9.90 Å². The number of aliphatic hydroxyl groups is 1. The van der Waals surface area contributed by atoms with E-state index in [0.29, 0.717) is 34.8 Å². The second kappa shape index (κ2) is 10.6. The first kappa shape index (κ1) is 30.1. The van der Waals surface area contributed by atoms with Crippen LogP contribution in [-0.4, -0.2) is 22.1 Å². The molecule has 4 N–H and O–H groups in total. The molecule has 2 saturated carbocycles. The summed E-state index contributed by atoms with van der Waals surface area (Å²) in [5.41, 5.74) is 3.99. The van der Waals surface area contributed by atoms with E-state index in [1.165, 1.54) is 12.8 Å². The van der Waals surface area contributed by atoms with Crippen LogP contribution in [0.15, 0.2) is 66.4 Å². The number of carbonyl (C=O) groups is 1. The Kier molecular flexibility index (Phi) is 6.81. The Balaban J connectivity index is 1.34. The van der Waals surface area contributed by atoms with Gasteiger partial charge < -0.3 is 21.1 Å². The van der Waals surface area contributed by atoms with E-state index in [1.54, 1.807) is 0 Å². The quantitative estimate of drug-likeness (QED) is 0.183. The molecule has 4 aromatic carbocycles. The summed E-state index contributed by atoms with van der Waals surface area (Å²) in [5.74, 6) is 1.63. The topological polar surface area (TPSA) is 73.4 Å². The van der Waals surface area contributed by atoms with Crippen molar-refractivity contribution in [1.82, 2.24) is 0 Å². The molecule has 0 aromatic heterocycles. The van der Waals surface area contributed by atoms with Gasteiger partial charge >= 0.3 is 0 Å². The first-order chi connectivity index (χ1) is 22.5. The number of anilines is 3. The van der Waals surface area contributed by atoms with Crippen molar-refractivity contribution in [3.8, 4) is 0 Å². The molecule has 1 aliphatic heterocycles. The number of aliphatic hydroxyl groups excluding tert-OH is 1. The second-order valence-corrected chi connectivity index (χ2v) is 15.3. The van der Waals surface area contributed by atoms with Gasteiger partial charge in [0.2, 0.25) is 5.78 Å². The van der Waals surface area contributed by atoms with Gasteiger partial charge in [-0.05, 0) is 78.3 Å². The Morgan fingerprint density at radius 2 is 1.38 bits per heavy atom. The van der Waals surface area contributed by atoms with Crippen molar-refractivity contribution in [2.24, 2.45) is 23.7 Å². The summed E-state index contributed by atoms with van der Waals surface area (Å²) in [5, 5.41) is 29.8. The van der Waals surface area contributed by atoms with Crippen molar-refractivity contribution >= 4 is 62.1 Å². The number of hydrogen-bond donors (Lipinski definition) is 4. The second-order valence-electron chi connectivity index (χ2n) is 15.3. The van der Waals surface area contributed by atoms with Gasteiger partial charge in [0.15, 0.2) is 0 Å². The highest BCUT2D eigenvalue weighted by Crippen LogP contribution is 2.51. The first-order valence-electron chi connectivity index (χ1n) is 17.7. The van der Waals surface area contributed by atoms with Crippen LogP contribution in [0.5, 0.6) is 0 Å². The molecule has 5 nitrogen and oxygen atoms in total. The number of benzene rings is 4. The van der Waals surface area contributed by atoms with E-state index in [-0.39, 0.29) is 22.7 Å². The van der Waals surface area contributed by atoms with E-state index in [1.807, 2.05) is 24.3 Å². The molecule has 0 bridgehead atoms. The molecule has 47 heavy (non-hydrogen) atoms. The monoisotopic (exact) mass is 625 g/mol. The van der Waals surface area contributed by atoms with Gasteiger partial charge in [-0.1, -0.05) is 102 Å². The lowest BCUT2D eigenvalue weighted by atomic mass is 9.68. The lowest BCUT2D eigenvalue weighted by Gasteiger charge is -2.52. The molecular formula is C42H47N3O2. The van der Waals surface area contributed by atoms with Crippen molar-refractivity contribution in [2.75, 3.05) is 16.0 Å². The standard InChI is InChI=1S/C42H47N3O2/c1-23-11-7-16-28-19-21-30(37(33(23)28)44-41(6)24(2)12-8-13-25(41)3)35-39(46)36(40(35)47)31-22-20-29-17-10-18-32-34(29)38(31)45-42(43-32)26(4)14-9-15-27(42)5/h7,10-11,16-22,24-27,43-46H,1,8-9,12-15H2,2-6H3/b35-30+. The number of allylic oxidation sites excluding steroid dienone is 2. The number of fused-ring (bicyclic) bond motifs is 1. The lowest BCUT2D eigenvalue weighted by molar-refractivity contribution is -0.109. The summed E-state index contributed by atoms with van der Waals surface area (Å²) in [4.78, 5) is 14.5. The largest absolute Gasteiger partial charge is 0.506 e. The zero-order chi connectivity index (χ0) is 32.8. The molecule has 3 aliphatic carbocycles. The molecular weight excluding hydrogens is 578 g/mol. The highest BCUT2D eigenvalue weighted by molar-refractivity contribution is 6.52. The summed E-state index contributed by atoms with van der Waals surface area (Å²) in [6, 6.07) is 20.7. The highest BCUT2D eigenvalue weighted by atomic mass is 16.3. The molecule has 4 aliphatic rings. The maximum absolute atomic E-state index is 14.5. The van der Waals surface area contributed by atoms with Crippen LogP contribution in [0.2, 0.25) is 0 Å². The predicted molar refractivity (Wildman–Crippen MR) is 197 cm³/mol. The van der Waals surface area contributed by atoms with Crippen LogP contribution < -0.4 is 26.4 Å². The Bertz CT molecular complexity index is 2110. The van der Waals surface area contributed by atoms with Gasteiger partial charge in [0.05, 0.1) is 22.5 Å². The van der Waals surface area contributed by atoms with Gasteiger partial charge in [-0.3, -0.25) is 4.79 Å². The van der Waals surface area contributed by atoms with Crippen LogP contribution in [0.25, 0.3) is 39.3 Å². The number of ketones is 1. The summed E-state index contributed by atoms with van der Waals surface area (Å²) >= 11 is 0. The van der Waals surface area contributed by atoms with Crippen LogP contribution >= 0.6 is 0 Å². The fraction of sp³-hybridized carbons (Fsp3) is 0.405. The summed E-state index contributed by atoms with van der Waals surface area (Å²) in [6.45, 7) is 16.0. The Morgan fingerprint density at radius 1 is 0.766 bits per heavy atom. The molecule has 0 amide bonds. The van der Waals surface area contributed by atoms with Crippen LogP contribution in [-0.2, 0) is 4.79 Å². The lowest BCUT2D eigenvalue weighted by Crippen LogP contribution is -2.59. The average molecular weight is 626 g/mol. The highest BCUT2D eigenvalue weighted by Gasteiger charge is 2.48. The molecule has 4 aromatic rings. The number of hydrogen-bond acceptors (Lipinski definition) is 5. The normalized spacial score (nSPS) is 31.5. The number of nitrogens with one attached hydrogen (secondary N) is 3. The molecule has 5 heteroatoms.